The molecule has 0 aromatic heterocycles. The predicted molar refractivity (Wildman–Crippen MR) is 77.9 cm³/mol. The highest BCUT2D eigenvalue weighted by molar-refractivity contribution is 9.10. The van der Waals surface area contributed by atoms with Gasteiger partial charge in [-0.2, -0.15) is 0 Å². The Labute approximate surface area is 124 Å². The molecule has 0 saturated heterocycles. The minimum absolute atomic E-state index is 0.302. The first-order chi connectivity index (χ1) is 9.38. The Hall–Kier alpha value is -1.46. The smallest absolute Gasteiger partial charge is 0.137 e. The molecule has 0 spiro atoms. The van der Waals surface area contributed by atoms with Gasteiger partial charge in [-0.3, -0.25) is 0 Å². The maximum absolute atomic E-state index is 13.6. The van der Waals surface area contributed by atoms with Crippen molar-refractivity contribution in [3.8, 4) is 11.5 Å². The monoisotopic (exact) mass is 341 g/mol. The molecule has 0 radical (unpaired) electrons. The summed E-state index contributed by atoms with van der Waals surface area (Å²) in [6, 6.07) is 6.90. The van der Waals surface area contributed by atoms with Crippen LogP contribution in [0.1, 0.15) is 24.1 Å². The summed E-state index contributed by atoms with van der Waals surface area (Å²) in [7, 11) is 0. The van der Waals surface area contributed by atoms with Crippen molar-refractivity contribution in [1.29, 1.82) is 0 Å². The zero-order valence-electron chi connectivity index (χ0n) is 11.1. The number of rotatable bonds is 3. The molecule has 0 aliphatic rings. The van der Waals surface area contributed by atoms with Crippen molar-refractivity contribution < 1.29 is 13.5 Å². The third-order valence-electron chi connectivity index (χ3n) is 2.90. The minimum Gasteiger partial charge on any atom is -0.457 e. The molecule has 0 bridgehead atoms. The van der Waals surface area contributed by atoms with Gasteiger partial charge in [0, 0.05) is 11.6 Å². The van der Waals surface area contributed by atoms with Crippen LogP contribution in [0.3, 0.4) is 0 Å². The fraction of sp³-hybridized carbons (Fsp3) is 0.200. The van der Waals surface area contributed by atoms with Gasteiger partial charge in [-0.1, -0.05) is 0 Å². The molecule has 106 valence electrons. The van der Waals surface area contributed by atoms with E-state index in [1.807, 2.05) is 0 Å². The Kier molecular flexibility index (Phi) is 4.40. The van der Waals surface area contributed by atoms with E-state index < -0.39 is 0 Å². The van der Waals surface area contributed by atoms with Crippen LogP contribution in [-0.4, -0.2) is 0 Å². The number of benzene rings is 2. The molecule has 2 aromatic carbocycles. The molecule has 0 amide bonds. The maximum Gasteiger partial charge on any atom is 0.137 e. The summed E-state index contributed by atoms with van der Waals surface area (Å²) in [5, 5.41) is 0. The van der Waals surface area contributed by atoms with Crippen LogP contribution < -0.4 is 10.5 Å². The molecular weight excluding hydrogens is 328 g/mol. The number of ether oxygens (including phenoxy) is 1. The number of nitrogens with two attached hydrogens (primary N) is 1. The van der Waals surface area contributed by atoms with E-state index in [9.17, 15) is 8.78 Å². The van der Waals surface area contributed by atoms with Gasteiger partial charge >= 0.3 is 0 Å². The zero-order chi connectivity index (χ0) is 14.9. The van der Waals surface area contributed by atoms with E-state index in [4.69, 9.17) is 10.5 Å². The maximum atomic E-state index is 13.6. The van der Waals surface area contributed by atoms with E-state index in [0.29, 0.717) is 27.1 Å². The van der Waals surface area contributed by atoms with E-state index >= 15 is 0 Å². The molecule has 2 N–H and O–H groups in total. The Bertz CT molecular complexity index is 644. The molecular formula is C15H14BrF2NO. The predicted octanol–water partition coefficient (Wildman–Crippen LogP) is 4.85. The second-order valence-electron chi connectivity index (χ2n) is 4.61. The normalized spacial score (nSPS) is 12.3. The van der Waals surface area contributed by atoms with Crippen molar-refractivity contribution in [2.24, 2.45) is 5.73 Å². The quantitative estimate of drug-likeness (QED) is 0.866. The summed E-state index contributed by atoms with van der Waals surface area (Å²) in [6.45, 7) is 3.39. The fourth-order valence-corrected chi connectivity index (χ4v) is 2.14. The number of hydrogen-bond acceptors (Lipinski definition) is 2. The molecule has 0 aliphatic heterocycles. The number of halogens is 3. The largest absolute Gasteiger partial charge is 0.457 e. The average Bonchev–Trinajstić information content (AvgIpc) is 2.37. The molecule has 2 aromatic rings. The summed E-state index contributed by atoms with van der Waals surface area (Å²) >= 11 is 3.09. The molecule has 5 heteroatoms. The molecule has 20 heavy (non-hydrogen) atoms. The number of hydrogen-bond donors (Lipinski definition) is 1. The molecule has 0 unspecified atom stereocenters. The third-order valence-corrected chi connectivity index (χ3v) is 3.51. The standard InChI is InChI=1S/C15H14BrF2NO/c1-8-5-15(11(9(2)19)7-14(8)18)20-10-3-4-13(17)12(16)6-10/h3-7,9H,19H2,1-2H3/t9-/m0/s1. The Morgan fingerprint density at radius 2 is 1.85 bits per heavy atom. The first kappa shape index (κ1) is 14.9. The molecule has 2 rings (SSSR count). The van der Waals surface area contributed by atoms with E-state index in [2.05, 4.69) is 15.9 Å². The summed E-state index contributed by atoms with van der Waals surface area (Å²) in [4.78, 5) is 0. The lowest BCUT2D eigenvalue weighted by atomic mass is 10.1. The highest BCUT2D eigenvalue weighted by atomic mass is 79.9. The van der Waals surface area contributed by atoms with Gasteiger partial charge in [0.1, 0.15) is 23.1 Å². The topological polar surface area (TPSA) is 35.2 Å². The van der Waals surface area contributed by atoms with Gasteiger partial charge in [0.2, 0.25) is 0 Å². The minimum atomic E-state index is -0.375. The van der Waals surface area contributed by atoms with Gasteiger partial charge in [0.05, 0.1) is 4.47 Å². The molecule has 0 fully saturated rings. The third kappa shape index (κ3) is 3.16. The lowest BCUT2D eigenvalue weighted by Gasteiger charge is -2.15. The van der Waals surface area contributed by atoms with Crippen LogP contribution in [0.15, 0.2) is 34.8 Å². The van der Waals surface area contributed by atoms with Crippen LogP contribution in [0.2, 0.25) is 0 Å². The summed E-state index contributed by atoms with van der Waals surface area (Å²) in [6.07, 6.45) is 0. The van der Waals surface area contributed by atoms with Gasteiger partial charge in [0.25, 0.3) is 0 Å². The first-order valence-electron chi connectivity index (χ1n) is 6.07. The van der Waals surface area contributed by atoms with Crippen LogP contribution in [0.4, 0.5) is 8.78 Å². The van der Waals surface area contributed by atoms with Crippen molar-refractivity contribution in [3.05, 3.63) is 57.6 Å². The van der Waals surface area contributed by atoms with Gasteiger partial charge in [-0.25, -0.2) is 8.78 Å². The van der Waals surface area contributed by atoms with Gasteiger partial charge in [-0.15, -0.1) is 0 Å². The SMILES string of the molecule is Cc1cc(Oc2ccc(F)c(Br)c2)c([C@H](C)N)cc1F. The molecule has 0 heterocycles. The van der Waals surface area contributed by atoms with Crippen LogP contribution in [-0.2, 0) is 0 Å². The van der Waals surface area contributed by atoms with Gasteiger partial charge in [-0.05, 0) is 65.7 Å². The fourth-order valence-electron chi connectivity index (χ4n) is 1.78. The average molecular weight is 342 g/mol. The second kappa shape index (κ2) is 5.89. The van der Waals surface area contributed by atoms with E-state index in [0.717, 1.165) is 0 Å². The van der Waals surface area contributed by atoms with Crippen molar-refractivity contribution in [3.63, 3.8) is 0 Å². The van der Waals surface area contributed by atoms with Crippen molar-refractivity contribution >= 4 is 15.9 Å². The van der Waals surface area contributed by atoms with E-state index in [-0.39, 0.29) is 17.7 Å². The van der Waals surface area contributed by atoms with Gasteiger partial charge in [0.15, 0.2) is 0 Å². The lowest BCUT2D eigenvalue weighted by Crippen LogP contribution is -2.08. The summed E-state index contributed by atoms with van der Waals surface area (Å²) < 4.78 is 32.8. The summed E-state index contributed by atoms with van der Waals surface area (Å²) in [5.41, 5.74) is 6.85. The lowest BCUT2D eigenvalue weighted by molar-refractivity contribution is 0.466. The van der Waals surface area contributed by atoms with E-state index in [1.54, 1.807) is 19.9 Å². The first-order valence-corrected chi connectivity index (χ1v) is 6.86. The number of aryl methyl sites for hydroxylation is 1. The van der Waals surface area contributed by atoms with Crippen molar-refractivity contribution in [2.45, 2.75) is 19.9 Å². The Morgan fingerprint density at radius 3 is 2.45 bits per heavy atom. The molecule has 0 saturated carbocycles. The highest BCUT2D eigenvalue weighted by Crippen LogP contribution is 2.32. The Morgan fingerprint density at radius 1 is 1.15 bits per heavy atom. The zero-order valence-corrected chi connectivity index (χ0v) is 12.7. The van der Waals surface area contributed by atoms with Crippen LogP contribution in [0.25, 0.3) is 0 Å². The highest BCUT2D eigenvalue weighted by Gasteiger charge is 2.13. The Balaban J connectivity index is 2.41. The molecule has 1 atom stereocenters. The van der Waals surface area contributed by atoms with Crippen LogP contribution in [0.5, 0.6) is 11.5 Å². The van der Waals surface area contributed by atoms with Crippen LogP contribution in [0, 0.1) is 18.6 Å². The van der Waals surface area contributed by atoms with Gasteiger partial charge < -0.3 is 10.5 Å². The van der Waals surface area contributed by atoms with E-state index in [1.165, 1.54) is 24.3 Å². The van der Waals surface area contributed by atoms with Crippen molar-refractivity contribution in [1.82, 2.24) is 0 Å². The van der Waals surface area contributed by atoms with Crippen molar-refractivity contribution in [2.75, 3.05) is 0 Å². The summed E-state index contributed by atoms with van der Waals surface area (Å²) in [5.74, 6) is 0.216. The molecule has 2 nitrogen and oxygen atoms in total. The van der Waals surface area contributed by atoms with Crippen LogP contribution >= 0.6 is 15.9 Å². The molecule has 0 aliphatic carbocycles. The second-order valence-corrected chi connectivity index (χ2v) is 5.46.